The van der Waals surface area contributed by atoms with Crippen LogP contribution in [0.25, 0.3) is 10.2 Å². The summed E-state index contributed by atoms with van der Waals surface area (Å²) in [5.41, 5.74) is 0.967. The van der Waals surface area contributed by atoms with E-state index in [9.17, 15) is 13.2 Å². The van der Waals surface area contributed by atoms with Gasteiger partial charge in [0.25, 0.3) is 5.91 Å². The van der Waals surface area contributed by atoms with Crippen LogP contribution in [0.2, 0.25) is 0 Å². The van der Waals surface area contributed by atoms with Crippen LogP contribution in [-0.2, 0) is 16.6 Å². The zero-order valence-electron chi connectivity index (χ0n) is 19.7. The van der Waals surface area contributed by atoms with Gasteiger partial charge in [0.2, 0.25) is 10.0 Å². The summed E-state index contributed by atoms with van der Waals surface area (Å²) in [7, 11) is -2.21. The van der Waals surface area contributed by atoms with Gasteiger partial charge >= 0.3 is 0 Å². The highest BCUT2D eigenvalue weighted by Gasteiger charge is 2.26. The number of aromatic nitrogens is 1. The molecule has 0 aliphatic carbocycles. The lowest BCUT2D eigenvalue weighted by atomic mass is 10.2. The number of anilines is 1. The molecule has 2 aromatic heterocycles. The van der Waals surface area contributed by atoms with Crippen molar-refractivity contribution < 1.29 is 22.4 Å². The molecule has 2 heterocycles. The lowest BCUT2D eigenvalue weighted by molar-refractivity contribution is 0.0983. The smallest absolute Gasteiger partial charge is 0.260 e. The fourth-order valence-corrected chi connectivity index (χ4v) is 5.97. The fraction of sp³-hybridized carbons (Fsp3) is 0.154. The van der Waals surface area contributed by atoms with Crippen molar-refractivity contribution in [1.29, 1.82) is 0 Å². The summed E-state index contributed by atoms with van der Waals surface area (Å²) in [6, 6.07) is 15.0. The Kier molecular flexibility index (Phi) is 7.68. The van der Waals surface area contributed by atoms with Gasteiger partial charge in [0.1, 0.15) is 17.0 Å². The van der Waals surface area contributed by atoms with Crippen LogP contribution in [0.1, 0.15) is 16.1 Å². The minimum Gasteiger partial charge on any atom is -0.494 e. The second kappa shape index (κ2) is 10.9. The normalized spacial score (nSPS) is 11.5. The maximum Gasteiger partial charge on any atom is 0.260 e. The van der Waals surface area contributed by atoms with Gasteiger partial charge in [-0.05, 0) is 48.5 Å². The first kappa shape index (κ1) is 25.4. The Labute approximate surface area is 213 Å². The van der Waals surface area contributed by atoms with E-state index in [0.29, 0.717) is 27.7 Å². The number of ether oxygens (including phenoxy) is 1. The Morgan fingerprint density at radius 1 is 1.08 bits per heavy atom. The molecule has 0 saturated heterocycles. The van der Waals surface area contributed by atoms with Crippen molar-refractivity contribution in [3.63, 3.8) is 0 Å². The molecule has 36 heavy (non-hydrogen) atoms. The van der Waals surface area contributed by atoms with E-state index in [2.05, 4.69) is 18.1 Å². The zero-order valence-corrected chi connectivity index (χ0v) is 21.3. The van der Waals surface area contributed by atoms with Crippen LogP contribution in [0.3, 0.4) is 0 Å². The van der Waals surface area contributed by atoms with Crippen LogP contribution in [0, 0.1) is 0 Å². The highest BCUT2D eigenvalue weighted by molar-refractivity contribution is 7.89. The molecule has 186 valence electrons. The molecule has 0 N–H and O–H groups in total. The fourth-order valence-electron chi connectivity index (χ4n) is 3.61. The number of hydrogen-bond donors (Lipinski definition) is 0. The summed E-state index contributed by atoms with van der Waals surface area (Å²) >= 11 is 1.35. The second-order valence-corrected chi connectivity index (χ2v) is 10.6. The highest BCUT2D eigenvalue weighted by atomic mass is 32.2. The predicted octanol–water partition coefficient (Wildman–Crippen LogP) is 5.11. The summed E-state index contributed by atoms with van der Waals surface area (Å²) in [5, 5.41) is 0.468. The van der Waals surface area contributed by atoms with Gasteiger partial charge < -0.3 is 9.15 Å². The number of amides is 1. The number of nitrogens with zero attached hydrogens (tertiary/aromatic N) is 3. The topological polar surface area (TPSA) is 93.0 Å². The third-order valence-electron chi connectivity index (χ3n) is 5.37. The quantitative estimate of drug-likeness (QED) is 0.254. The van der Waals surface area contributed by atoms with Gasteiger partial charge in [0.15, 0.2) is 5.13 Å². The molecule has 0 aliphatic rings. The van der Waals surface area contributed by atoms with Crippen molar-refractivity contribution in [2.24, 2.45) is 0 Å². The number of furan rings is 1. The third-order valence-corrected chi connectivity index (χ3v) is 8.25. The summed E-state index contributed by atoms with van der Waals surface area (Å²) in [4.78, 5) is 19.9. The predicted molar refractivity (Wildman–Crippen MR) is 141 cm³/mol. The minimum absolute atomic E-state index is 0.0741. The molecule has 0 saturated carbocycles. The third kappa shape index (κ3) is 5.11. The van der Waals surface area contributed by atoms with E-state index in [0.717, 1.165) is 4.70 Å². The molecule has 4 rings (SSSR count). The Morgan fingerprint density at radius 3 is 2.42 bits per heavy atom. The van der Waals surface area contributed by atoms with E-state index in [-0.39, 0.29) is 30.4 Å². The first-order valence-corrected chi connectivity index (χ1v) is 13.2. The number of carbonyl (C=O) groups is 1. The van der Waals surface area contributed by atoms with Crippen LogP contribution >= 0.6 is 11.3 Å². The van der Waals surface area contributed by atoms with Crippen molar-refractivity contribution in [1.82, 2.24) is 9.29 Å². The molecular weight excluding hydrogens is 498 g/mol. The number of benzene rings is 2. The van der Waals surface area contributed by atoms with Gasteiger partial charge in [-0.25, -0.2) is 13.4 Å². The molecule has 4 aromatic rings. The van der Waals surface area contributed by atoms with Crippen LogP contribution in [-0.4, -0.2) is 43.8 Å². The van der Waals surface area contributed by atoms with E-state index in [1.807, 2.05) is 18.2 Å². The molecule has 0 spiro atoms. The van der Waals surface area contributed by atoms with E-state index in [4.69, 9.17) is 9.15 Å². The molecule has 10 heteroatoms. The van der Waals surface area contributed by atoms with Gasteiger partial charge in [-0.1, -0.05) is 29.6 Å². The van der Waals surface area contributed by atoms with E-state index >= 15 is 0 Å². The van der Waals surface area contributed by atoms with Gasteiger partial charge in [0, 0.05) is 18.7 Å². The molecule has 0 radical (unpaired) electrons. The second-order valence-electron chi connectivity index (χ2n) is 7.70. The number of rotatable bonds is 11. The average molecular weight is 524 g/mol. The summed E-state index contributed by atoms with van der Waals surface area (Å²) in [6.45, 7) is 7.69. The molecule has 0 atom stereocenters. The van der Waals surface area contributed by atoms with Gasteiger partial charge in [-0.2, -0.15) is 4.31 Å². The van der Waals surface area contributed by atoms with Crippen LogP contribution in [0.15, 0.2) is 95.5 Å². The number of hydrogen-bond acceptors (Lipinski definition) is 7. The standard InChI is InChI=1S/C26H25N3O5S2/c1-4-15-28(16-5-2)36(31,32)21-13-11-19(12-14-21)25(30)29(18-20-8-7-17-34-20)26-27-24-22(33-3)9-6-10-23(24)35-26/h4-14,17H,1-2,15-16,18H2,3H3. The van der Waals surface area contributed by atoms with Gasteiger partial charge in [0.05, 0.1) is 29.5 Å². The number of para-hydroxylation sites is 1. The molecule has 1 amide bonds. The van der Waals surface area contributed by atoms with Gasteiger partial charge in [-0.15, -0.1) is 13.2 Å². The van der Waals surface area contributed by atoms with Crippen molar-refractivity contribution in [2.45, 2.75) is 11.4 Å². The molecule has 0 unspecified atom stereocenters. The first-order chi connectivity index (χ1) is 17.4. The van der Waals surface area contributed by atoms with Crippen molar-refractivity contribution in [2.75, 3.05) is 25.1 Å². The maximum atomic E-state index is 13.6. The van der Waals surface area contributed by atoms with E-state index in [1.165, 1.54) is 63.2 Å². The van der Waals surface area contributed by atoms with Crippen molar-refractivity contribution in [3.8, 4) is 5.75 Å². The monoisotopic (exact) mass is 523 g/mol. The van der Waals surface area contributed by atoms with Crippen LogP contribution in [0.4, 0.5) is 5.13 Å². The van der Waals surface area contributed by atoms with E-state index in [1.54, 1.807) is 19.2 Å². The Hall–Kier alpha value is -3.73. The molecule has 8 nitrogen and oxygen atoms in total. The lowest BCUT2D eigenvalue weighted by Crippen LogP contribution is -2.32. The summed E-state index contributed by atoms with van der Waals surface area (Å²) < 4.78 is 39.1. The zero-order chi connectivity index (χ0) is 25.7. The summed E-state index contributed by atoms with van der Waals surface area (Å²) in [6.07, 6.45) is 4.56. The molecule has 2 aromatic carbocycles. The maximum absolute atomic E-state index is 13.6. The average Bonchev–Trinajstić information content (AvgIpc) is 3.56. The number of sulfonamides is 1. The van der Waals surface area contributed by atoms with Crippen molar-refractivity contribution in [3.05, 3.63) is 97.5 Å². The lowest BCUT2D eigenvalue weighted by Gasteiger charge is -2.20. The van der Waals surface area contributed by atoms with Crippen LogP contribution in [0.5, 0.6) is 5.75 Å². The number of carbonyl (C=O) groups excluding carboxylic acids is 1. The largest absolute Gasteiger partial charge is 0.494 e. The number of fused-ring (bicyclic) bond motifs is 1. The minimum atomic E-state index is -3.78. The van der Waals surface area contributed by atoms with E-state index < -0.39 is 10.0 Å². The highest BCUT2D eigenvalue weighted by Crippen LogP contribution is 2.35. The van der Waals surface area contributed by atoms with Crippen molar-refractivity contribution >= 4 is 42.6 Å². The molecule has 0 aliphatic heterocycles. The molecular formula is C26H25N3O5S2. The first-order valence-electron chi connectivity index (χ1n) is 11.0. The summed E-state index contributed by atoms with van der Waals surface area (Å²) in [5.74, 6) is 0.847. The van der Waals surface area contributed by atoms with Gasteiger partial charge in [-0.3, -0.25) is 9.69 Å². The number of methoxy groups -OCH3 is 1. The number of thiazole rings is 1. The molecule has 0 bridgehead atoms. The molecule has 0 fully saturated rings. The van der Waals surface area contributed by atoms with Crippen LogP contribution < -0.4 is 9.64 Å². The Balaban J connectivity index is 1.69. The SMILES string of the molecule is C=CCN(CC=C)S(=O)(=O)c1ccc(C(=O)N(Cc2ccco2)c2nc3c(OC)cccc3s2)cc1. The Morgan fingerprint density at radius 2 is 1.81 bits per heavy atom. The Bertz CT molecular complexity index is 1470.